The lowest BCUT2D eigenvalue weighted by atomic mass is 10.2. The van der Waals surface area contributed by atoms with E-state index in [1.165, 1.54) is 32.0 Å². The highest BCUT2D eigenvalue weighted by atomic mass is 32.2. The van der Waals surface area contributed by atoms with Crippen molar-refractivity contribution in [3.63, 3.8) is 0 Å². The fourth-order valence-corrected chi connectivity index (χ4v) is 5.24. The van der Waals surface area contributed by atoms with Crippen molar-refractivity contribution in [3.8, 4) is 0 Å². The maximum atomic E-state index is 12.9. The topological polar surface area (TPSA) is 73.0 Å². The Balaban J connectivity index is 1.30. The van der Waals surface area contributed by atoms with Gasteiger partial charge in [0, 0.05) is 51.4 Å². The molecule has 0 unspecified atom stereocenters. The summed E-state index contributed by atoms with van der Waals surface area (Å²) in [6, 6.07) is 6.44. The van der Waals surface area contributed by atoms with Crippen molar-refractivity contribution in [1.82, 2.24) is 19.4 Å². The van der Waals surface area contributed by atoms with Crippen LogP contribution in [0.2, 0.25) is 0 Å². The number of nitrogens with one attached hydrogen (secondary N) is 1. The third-order valence-electron chi connectivity index (χ3n) is 6.24. The number of sulfonamides is 1. The molecular weight excluding hydrogens is 388 g/mol. The molecule has 29 heavy (non-hydrogen) atoms. The molecule has 1 aromatic rings. The molecule has 0 radical (unpaired) electrons. The molecule has 2 saturated heterocycles. The van der Waals surface area contributed by atoms with Gasteiger partial charge in [-0.1, -0.05) is 6.07 Å². The highest BCUT2D eigenvalue weighted by Gasteiger charge is 2.26. The van der Waals surface area contributed by atoms with Crippen molar-refractivity contribution in [1.29, 1.82) is 0 Å². The van der Waals surface area contributed by atoms with Crippen molar-refractivity contribution in [2.24, 2.45) is 5.92 Å². The molecule has 0 bridgehead atoms. The van der Waals surface area contributed by atoms with E-state index in [4.69, 9.17) is 0 Å². The second kappa shape index (κ2) is 9.12. The summed E-state index contributed by atoms with van der Waals surface area (Å²) < 4.78 is 27.6. The standard InChI is InChI=1S/C21H32N4O3S/c26-21(25-14-12-24(13-15-25)11-10-23-8-1-2-9-23)19-4-3-5-20(16-19)29(27,28)22-17-18-6-7-18/h3-5,16,18,22H,1-2,6-15,17H2. The molecule has 7 nitrogen and oxygen atoms in total. The summed E-state index contributed by atoms with van der Waals surface area (Å²) in [5, 5.41) is 0. The normalized spacial score (nSPS) is 21.6. The van der Waals surface area contributed by atoms with Gasteiger partial charge in [-0.05, 0) is 62.9 Å². The lowest BCUT2D eigenvalue weighted by Crippen LogP contribution is -2.50. The van der Waals surface area contributed by atoms with Crippen LogP contribution >= 0.6 is 0 Å². The quantitative estimate of drug-likeness (QED) is 0.685. The van der Waals surface area contributed by atoms with Crippen LogP contribution in [0.25, 0.3) is 0 Å². The smallest absolute Gasteiger partial charge is 0.253 e. The minimum atomic E-state index is -3.56. The van der Waals surface area contributed by atoms with Crippen molar-refractivity contribution < 1.29 is 13.2 Å². The van der Waals surface area contributed by atoms with E-state index >= 15 is 0 Å². The van der Waals surface area contributed by atoms with Crippen LogP contribution in [0, 0.1) is 5.92 Å². The van der Waals surface area contributed by atoms with Crippen molar-refractivity contribution in [3.05, 3.63) is 29.8 Å². The van der Waals surface area contributed by atoms with Gasteiger partial charge in [-0.25, -0.2) is 13.1 Å². The molecule has 3 aliphatic rings. The fraction of sp³-hybridized carbons (Fsp3) is 0.667. The van der Waals surface area contributed by atoms with Crippen LogP contribution < -0.4 is 4.72 Å². The number of carbonyl (C=O) groups is 1. The second-order valence-corrected chi connectivity index (χ2v) is 10.3. The van der Waals surface area contributed by atoms with Gasteiger partial charge in [0.2, 0.25) is 10.0 Å². The average Bonchev–Trinajstić information content (AvgIpc) is 3.44. The molecule has 0 aromatic heterocycles. The van der Waals surface area contributed by atoms with Gasteiger partial charge >= 0.3 is 0 Å². The number of carbonyl (C=O) groups excluding carboxylic acids is 1. The zero-order valence-electron chi connectivity index (χ0n) is 17.1. The Morgan fingerprint density at radius 1 is 0.966 bits per heavy atom. The first kappa shape index (κ1) is 20.8. The van der Waals surface area contributed by atoms with E-state index in [1.807, 2.05) is 4.90 Å². The molecule has 160 valence electrons. The molecule has 1 aliphatic carbocycles. The van der Waals surface area contributed by atoms with Crippen LogP contribution in [0.5, 0.6) is 0 Å². The molecule has 2 heterocycles. The van der Waals surface area contributed by atoms with E-state index in [1.54, 1.807) is 18.2 Å². The van der Waals surface area contributed by atoms with Crippen LogP contribution in [0.3, 0.4) is 0 Å². The zero-order chi connectivity index (χ0) is 20.3. The van der Waals surface area contributed by atoms with Crippen LogP contribution in [0.1, 0.15) is 36.0 Å². The summed E-state index contributed by atoms with van der Waals surface area (Å²) in [4.78, 5) is 19.9. The van der Waals surface area contributed by atoms with Crippen molar-refractivity contribution in [2.45, 2.75) is 30.6 Å². The minimum Gasteiger partial charge on any atom is -0.336 e. The zero-order valence-corrected chi connectivity index (χ0v) is 17.9. The highest BCUT2D eigenvalue weighted by Crippen LogP contribution is 2.28. The molecule has 1 N–H and O–H groups in total. The van der Waals surface area contributed by atoms with E-state index < -0.39 is 10.0 Å². The summed E-state index contributed by atoms with van der Waals surface area (Å²) in [7, 11) is -3.56. The molecule has 2 aliphatic heterocycles. The first-order chi connectivity index (χ1) is 14.0. The lowest BCUT2D eigenvalue weighted by Gasteiger charge is -2.35. The fourth-order valence-electron chi connectivity index (χ4n) is 4.08. The van der Waals surface area contributed by atoms with Crippen LogP contribution in [0.4, 0.5) is 0 Å². The van der Waals surface area contributed by atoms with E-state index in [9.17, 15) is 13.2 Å². The van der Waals surface area contributed by atoms with E-state index in [0.717, 1.165) is 39.0 Å². The van der Waals surface area contributed by atoms with Crippen LogP contribution in [-0.2, 0) is 10.0 Å². The Kier molecular flexibility index (Phi) is 6.53. The predicted molar refractivity (Wildman–Crippen MR) is 112 cm³/mol. The monoisotopic (exact) mass is 420 g/mol. The molecule has 4 rings (SSSR count). The Morgan fingerprint density at radius 2 is 1.62 bits per heavy atom. The molecule has 0 atom stereocenters. The third kappa shape index (κ3) is 5.57. The van der Waals surface area contributed by atoms with E-state index in [-0.39, 0.29) is 10.8 Å². The van der Waals surface area contributed by atoms with Gasteiger partial charge in [-0.15, -0.1) is 0 Å². The minimum absolute atomic E-state index is 0.0802. The molecule has 1 aromatic carbocycles. The highest BCUT2D eigenvalue weighted by molar-refractivity contribution is 7.89. The van der Waals surface area contributed by atoms with E-state index in [0.29, 0.717) is 31.1 Å². The third-order valence-corrected chi connectivity index (χ3v) is 7.66. The summed E-state index contributed by atoms with van der Waals surface area (Å²) in [6.45, 7) is 8.22. The molecular formula is C21H32N4O3S. The molecule has 1 saturated carbocycles. The molecule has 8 heteroatoms. The maximum absolute atomic E-state index is 12.9. The summed E-state index contributed by atoms with van der Waals surface area (Å²) >= 11 is 0. The van der Waals surface area contributed by atoms with Crippen LogP contribution in [-0.4, -0.2) is 87.9 Å². The summed E-state index contributed by atoms with van der Waals surface area (Å²) in [6.07, 6.45) is 4.80. The number of nitrogens with zero attached hydrogens (tertiary/aromatic N) is 3. The number of piperazine rings is 1. The SMILES string of the molecule is O=C(c1cccc(S(=O)(=O)NCC2CC2)c1)N1CCN(CCN2CCCC2)CC1. The Labute approximate surface area is 174 Å². The van der Waals surface area contributed by atoms with Crippen molar-refractivity contribution >= 4 is 15.9 Å². The summed E-state index contributed by atoms with van der Waals surface area (Å²) in [5.74, 6) is 0.389. The number of likely N-dealkylation sites (tertiary alicyclic amines) is 1. The molecule has 0 spiro atoms. The Bertz CT molecular complexity index is 811. The predicted octanol–water partition coefficient (Wildman–Crippen LogP) is 1.23. The van der Waals surface area contributed by atoms with Gasteiger partial charge in [0.15, 0.2) is 0 Å². The number of rotatable bonds is 8. The second-order valence-electron chi connectivity index (χ2n) is 8.51. The Morgan fingerprint density at radius 3 is 2.28 bits per heavy atom. The first-order valence-corrected chi connectivity index (χ1v) is 12.3. The lowest BCUT2D eigenvalue weighted by molar-refractivity contribution is 0.0626. The van der Waals surface area contributed by atoms with Gasteiger partial charge in [0.05, 0.1) is 4.90 Å². The number of benzene rings is 1. The van der Waals surface area contributed by atoms with Gasteiger partial charge in [-0.2, -0.15) is 0 Å². The number of hydrogen-bond donors (Lipinski definition) is 1. The van der Waals surface area contributed by atoms with Gasteiger partial charge < -0.3 is 9.80 Å². The van der Waals surface area contributed by atoms with Gasteiger partial charge in [0.25, 0.3) is 5.91 Å². The molecule has 3 fully saturated rings. The van der Waals surface area contributed by atoms with Crippen LogP contribution in [0.15, 0.2) is 29.2 Å². The van der Waals surface area contributed by atoms with Crippen molar-refractivity contribution in [2.75, 3.05) is 58.9 Å². The molecule has 1 amide bonds. The number of hydrogen-bond acceptors (Lipinski definition) is 5. The number of amides is 1. The largest absolute Gasteiger partial charge is 0.336 e. The first-order valence-electron chi connectivity index (χ1n) is 10.8. The average molecular weight is 421 g/mol. The maximum Gasteiger partial charge on any atom is 0.253 e. The van der Waals surface area contributed by atoms with Gasteiger partial charge in [-0.3, -0.25) is 9.69 Å². The van der Waals surface area contributed by atoms with E-state index in [2.05, 4.69) is 14.5 Å². The van der Waals surface area contributed by atoms with Gasteiger partial charge in [0.1, 0.15) is 0 Å². The summed E-state index contributed by atoms with van der Waals surface area (Å²) in [5.41, 5.74) is 0.449. The Hall–Kier alpha value is -1.48.